The molecule has 1 aromatic carbocycles. The van der Waals surface area contributed by atoms with Crippen molar-refractivity contribution < 1.29 is 0 Å². The van der Waals surface area contributed by atoms with Crippen LogP contribution >= 0.6 is 0 Å². The topological polar surface area (TPSA) is 54.7 Å². The van der Waals surface area contributed by atoms with Gasteiger partial charge in [0.2, 0.25) is 0 Å². The van der Waals surface area contributed by atoms with Crippen molar-refractivity contribution in [3.63, 3.8) is 0 Å². The summed E-state index contributed by atoms with van der Waals surface area (Å²) in [6.07, 6.45) is 4.51. The third kappa shape index (κ3) is 1.48. The van der Waals surface area contributed by atoms with Gasteiger partial charge in [-0.2, -0.15) is 0 Å². The molecule has 0 aliphatic rings. The number of aromatic nitrogens is 2. The van der Waals surface area contributed by atoms with Gasteiger partial charge in [-0.1, -0.05) is 6.92 Å². The lowest BCUT2D eigenvalue weighted by molar-refractivity contribution is 1.14. The molecule has 0 spiro atoms. The molecular weight excluding hydrogens is 174 g/mol. The molecule has 1 aromatic heterocycles. The smallest absolute Gasteiger partial charge is 0.137 e. The summed E-state index contributed by atoms with van der Waals surface area (Å²) in [6, 6.07) is 5.98. The predicted molar refractivity (Wildman–Crippen MR) is 57.8 cm³/mol. The Morgan fingerprint density at radius 2 is 2.29 bits per heavy atom. The van der Waals surface area contributed by atoms with Gasteiger partial charge in [-0.05, 0) is 30.2 Å². The lowest BCUT2D eigenvalue weighted by Gasteiger charge is -2.04. The average molecular weight is 187 g/mol. The summed E-state index contributed by atoms with van der Waals surface area (Å²) in [5, 5.41) is 0. The summed E-state index contributed by atoms with van der Waals surface area (Å²) in [5.74, 6) is 0.889. The van der Waals surface area contributed by atoms with Gasteiger partial charge in [-0.3, -0.25) is 0 Å². The van der Waals surface area contributed by atoms with E-state index in [-0.39, 0.29) is 0 Å². The van der Waals surface area contributed by atoms with Crippen molar-refractivity contribution in [3.8, 4) is 11.4 Å². The normalized spacial score (nSPS) is 10.4. The Labute approximate surface area is 83.0 Å². The number of aryl methyl sites for hydroxylation is 1. The van der Waals surface area contributed by atoms with Gasteiger partial charge in [0, 0.05) is 23.6 Å². The third-order valence-corrected chi connectivity index (χ3v) is 2.30. The number of anilines is 1. The van der Waals surface area contributed by atoms with Crippen LogP contribution in [0.25, 0.3) is 11.4 Å². The van der Waals surface area contributed by atoms with Gasteiger partial charge in [0.05, 0.1) is 0 Å². The van der Waals surface area contributed by atoms with Crippen LogP contribution in [0.15, 0.2) is 30.6 Å². The summed E-state index contributed by atoms with van der Waals surface area (Å²) in [4.78, 5) is 7.27. The number of nitrogens with one attached hydrogen (secondary N) is 1. The molecule has 3 heteroatoms. The van der Waals surface area contributed by atoms with E-state index < -0.39 is 0 Å². The Hall–Kier alpha value is -1.77. The Morgan fingerprint density at radius 1 is 1.43 bits per heavy atom. The largest absolute Gasteiger partial charge is 0.399 e. The van der Waals surface area contributed by atoms with Crippen molar-refractivity contribution >= 4 is 5.69 Å². The molecule has 1 heterocycles. The van der Waals surface area contributed by atoms with E-state index in [4.69, 9.17) is 5.73 Å². The maximum atomic E-state index is 5.82. The first-order chi connectivity index (χ1) is 6.81. The molecule has 14 heavy (non-hydrogen) atoms. The molecule has 0 aliphatic carbocycles. The van der Waals surface area contributed by atoms with Crippen LogP contribution in [0.4, 0.5) is 5.69 Å². The Kier molecular flexibility index (Phi) is 2.23. The zero-order chi connectivity index (χ0) is 9.97. The van der Waals surface area contributed by atoms with Crippen LogP contribution in [0.5, 0.6) is 0 Å². The molecule has 2 rings (SSSR count). The number of nitrogens with two attached hydrogens (primary N) is 1. The van der Waals surface area contributed by atoms with E-state index >= 15 is 0 Å². The van der Waals surface area contributed by atoms with Crippen LogP contribution in [0, 0.1) is 0 Å². The molecule has 0 bridgehead atoms. The number of benzene rings is 1. The Morgan fingerprint density at radius 3 is 2.93 bits per heavy atom. The molecular formula is C11H13N3. The predicted octanol–water partition coefficient (Wildman–Crippen LogP) is 2.22. The van der Waals surface area contributed by atoms with Crippen LogP contribution in [0.2, 0.25) is 0 Å². The van der Waals surface area contributed by atoms with Crippen molar-refractivity contribution in [2.75, 3.05) is 5.73 Å². The highest BCUT2D eigenvalue weighted by Gasteiger charge is 2.02. The summed E-state index contributed by atoms with van der Waals surface area (Å²) in [7, 11) is 0. The highest BCUT2D eigenvalue weighted by atomic mass is 14.9. The first kappa shape index (κ1) is 8.81. The van der Waals surface area contributed by atoms with Crippen molar-refractivity contribution in [1.82, 2.24) is 9.97 Å². The second-order valence-corrected chi connectivity index (χ2v) is 3.20. The fourth-order valence-electron chi connectivity index (χ4n) is 1.48. The zero-order valence-electron chi connectivity index (χ0n) is 8.12. The number of H-pyrrole nitrogens is 1. The zero-order valence-corrected chi connectivity index (χ0v) is 8.12. The molecule has 0 fully saturated rings. The van der Waals surface area contributed by atoms with Gasteiger partial charge in [-0.15, -0.1) is 0 Å². The van der Waals surface area contributed by atoms with Gasteiger partial charge in [0.25, 0.3) is 0 Å². The van der Waals surface area contributed by atoms with Crippen molar-refractivity contribution in [3.05, 3.63) is 36.2 Å². The number of nitrogen functional groups attached to an aromatic ring is 1. The number of hydrogen-bond donors (Lipinski definition) is 2. The monoisotopic (exact) mass is 187 g/mol. The fourth-order valence-corrected chi connectivity index (χ4v) is 1.48. The Bertz CT molecular complexity index is 418. The highest BCUT2D eigenvalue weighted by molar-refractivity contribution is 5.62. The van der Waals surface area contributed by atoms with E-state index in [0.717, 1.165) is 23.5 Å². The minimum Gasteiger partial charge on any atom is -0.399 e. The van der Waals surface area contributed by atoms with Crippen LogP contribution in [-0.4, -0.2) is 9.97 Å². The summed E-state index contributed by atoms with van der Waals surface area (Å²) >= 11 is 0. The quantitative estimate of drug-likeness (QED) is 0.708. The lowest BCUT2D eigenvalue weighted by atomic mass is 10.1. The summed E-state index contributed by atoms with van der Waals surface area (Å²) in [5.41, 5.74) is 8.92. The molecule has 0 atom stereocenters. The second-order valence-electron chi connectivity index (χ2n) is 3.20. The third-order valence-electron chi connectivity index (χ3n) is 2.30. The molecule has 0 aliphatic heterocycles. The van der Waals surface area contributed by atoms with Crippen molar-refractivity contribution in [2.24, 2.45) is 0 Å². The van der Waals surface area contributed by atoms with Gasteiger partial charge in [0.15, 0.2) is 0 Å². The molecule has 0 radical (unpaired) electrons. The fraction of sp³-hybridized carbons (Fsp3) is 0.182. The molecule has 0 amide bonds. The van der Waals surface area contributed by atoms with E-state index in [0.29, 0.717) is 0 Å². The van der Waals surface area contributed by atoms with Crippen molar-refractivity contribution in [1.29, 1.82) is 0 Å². The number of hydrogen-bond acceptors (Lipinski definition) is 2. The van der Waals surface area contributed by atoms with Crippen LogP contribution in [-0.2, 0) is 6.42 Å². The van der Waals surface area contributed by atoms with Crippen molar-refractivity contribution in [2.45, 2.75) is 13.3 Å². The molecule has 3 nitrogen and oxygen atoms in total. The minimum absolute atomic E-state index is 0.850. The van der Waals surface area contributed by atoms with Gasteiger partial charge in [-0.25, -0.2) is 4.98 Å². The molecule has 2 aromatic rings. The van der Waals surface area contributed by atoms with E-state index in [1.54, 1.807) is 6.20 Å². The van der Waals surface area contributed by atoms with Crippen LogP contribution in [0.1, 0.15) is 12.5 Å². The standard InChI is InChI=1S/C11H13N3/c1-2-8-7-9(3-4-10(8)12)11-13-5-6-14-11/h3-7H,2,12H2,1H3,(H,13,14). The van der Waals surface area contributed by atoms with Crippen LogP contribution < -0.4 is 5.73 Å². The average Bonchev–Trinajstić information content (AvgIpc) is 2.71. The SMILES string of the molecule is CCc1cc(-c2ncc[nH]2)ccc1N. The number of nitrogens with zero attached hydrogens (tertiary/aromatic N) is 1. The summed E-state index contributed by atoms with van der Waals surface area (Å²) < 4.78 is 0. The van der Waals surface area contributed by atoms with E-state index in [1.807, 2.05) is 18.3 Å². The maximum absolute atomic E-state index is 5.82. The van der Waals surface area contributed by atoms with Gasteiger partial charge >= 0.3 is 0 Å². The molecule has 0 saturated carbocycles. The van der Waals surface area contributed by atoms with Crippen LogP contribution in [0.3, 0.4) is 0 Å². The molecule has 3 N–H and O–H groups in total. The first-order valence-corrected chi connectivity index (χ1v) is 4.69. The number of aromatic amines is 1. The lowest BCUT2D eigenvalue weighted by Crippen LogP contribution is -1.93. The van der Waals surface area contributed by atoms with E-state index in [2.05, 4.69) is 23.0 Å². The first-order valence-electron chi connectivity index (χ1n) is 4.69. The summed E-state index contributed by atoms with van der Waals surface area (Å²) in [6.45, 7) is 2.09. The molecule has 0 unspecified atom stereocenters. The van der Waals surface area contributed by atoms with Gasteiger partial charge in [0.1, 0.15) is 5.82 Å². The number of rotatable bonds is 2. The molecule has 0 saturated heterocycles. The van der Waals surface area contributed by atoms with Gasteiger partial charge < -0.3 is 10.7 Å². The Balaban J connectivity index is 2.46. The van der Waals surface area contributed by atoms with E-state index in [9.17, 15) is 0 Å². The minimum atomic E-state index is 0.850. The molecule has 72 valence electrons. The number of imidazole rings is 1. The highest BCUT2D eigenvalue weighted by Crippen LogP contribution is 2.21. The second kappa shape index (κ2) is 3.54. The maximum Gasteiger partial charge on any atom is 0.137 e. The van der Waals surface area contributed by atoms with E-state index in [1.165, 1.54) is 5.56 Å².